The number of rotatable bonds is 3. The summed E-state index contributed by atoms with van der Waals surface area (Å²) in [5, 5.41) is 16.8. The summed E-state index contributed by atoms with van der Waals surface area (Å²) in [6.45, 7) is 2.22. The fourth-order valence-corrected chi connectivity index (χ4v) is 2.89. The molecule has 0 radical (unpaired) electrons. The van der Waals surface area contributed by atoms with Gasteiger partial charge in [0.05, 0.1) is 18.1 Å². The lowest BCUT2D eigenvalue weighted by molar-refractivity contribution is -0.192. The SMILES string of the molecule is CS(=O)(=O)N1CCN(c2ccc(NC(=N)N)nc2)CC1.O=C(O)C(F)(F)F. The molecule has 0 unspecified atom stereocenters. The maximum absolute atomic E-state index is 11.4. The highest BCUT2D eigenvalue weighted by Crippen LogP contribution is 2.18. The second kappa shape index (κ2) is 8.85. The number of nitrogens with zero attached hydrogens (tertiary/aromatic N) is 3. The lowest BCUT2D eigenvalue weighted by Gasteiger charge is -2.34. The average molecular weight is 412 g/mol. The molecule has 1 aliphatic heterocycles. The predicted octanol–water partition coefficient (Wildman–Crippen LogP) is 0.102. The molecule has 0 spiro atoms. The lowest BCUT2D eigenvalue weighted by Crippen LogP contribution is -2.48. The Labute approximate surface area is 153 Å². The highest BCUT2D eigenvalue weighted by Gasteiger charge is 2.38. The molecule has 1 fully saturated rings. The van der Waals surface area contributed by atoms with Crippen LogP contribution in [0.1, 0.15) is 0 Å². The molecule has 2 heterocycles. The first-order valence-electron chi connectivity index (χ1n) is 7.38. The van der Waals surface area contributed by atoms with Crippen molar-refractivity contribution in [3.05, 3.63) is 18.3 Å². The smallest absolute Gasteiger partial charge is 0.475 e. The summed E-state index contributed by atoms with van der Waals surface area (Å²) in [5.41, 5.74) is 6.14. The lowest BCUT2D eigenvalue weighted by atomic mass is 10.3. The minimum absolute atomic E-state index is 0.160. The Bertz CT molecular complexity index is 761. The van der Waals surface area contributed by atoms with Crippen molar-refractivity contribution in [2.75, 3.05) is 42.7 Å². The first kappa shape index (κ1) is 22.4. The zero-order valence-corrected chi connectivity index (χ0v) is 15.0. The van der Waals surface area contributed by atoms with Gasteiger partial charge in [0.25, 0.3) is 0 Å². The van der Waals surface area contributed by atoms with E-state index in [4.69, 9.17) is 21.0 Å². The van der Waals surface area contributed by atoms with Crippen LogP contribution < -0.4 is 16.0 Å². The topological polar surface area (TPSA) is 153 Å². The number of hydrogen-bond acceptors (Lipinski definition) is 6. The zero-order chi connectivity index (χ0) is 20.8. The molecule has 1 aliphatic rings. The van der Waals surface area contributed by atoms with Gasteiger partial charge in [-0.25, -0.2) is 18.2 Å². The van der Waals surface area contributed by atoms with E-state index in [0.717, 1.165) is 5.69 Å². The maximum atomic E-state index is 11.4. The summed E-state index contributed by atoms with van der Waals surface area (Å²) in [7, 11) is -3.11. The van der Waals surface area contributed by atoms with Gasteiger partial charge >= 0.3 is 12.1 Å². The molecule has 1 saturated heterocycles. The van der Waals surface area contributed by atoms with Crippen LogP contribution in [0.25, 0.3) is 0 Å². The van der Waals surface area contributed by atoms with E-state index < -0.39 is 22.2 Å². The van der Waals surface area contributed by atoms with Crippen molar-refractivity contribution in [3.8, 4) is 0 Å². The van der Waals surface area contributed by atoms with Gasteiger partial charge < -0.3 is 21.1 Å². The van der Waals surface area contributed by atoms with Crippen LogP contribution in [0.5, 0.6) is 0 Å². The summed E-state index contributed by atoms with van der Waals surface area (Å²) < 4.78 is 56.1. The quantitative estimate of drug-likeness (QED) is 0.403. The molecule has 0 bridgehead atoms. The van der Waals surface area contributed by atoms with E-state index in [-0.39, 0.29) is 5.96 Å². The number of hydrogen-bond donors (Lipinski definition) is 4. The predicted molar refractivity (Wildman–Crippen MR) is 92.1 cm³/mol. The van der Waals surface area contributed by atoms with Gasteiger partial charge in [0.1, 0.15) is 5.82 Å². The zero-order valence-electron chi connectivity index (χ0n) is 14.2. The van der Waals surface area contributed by atoms with E-state index in [2.05, 4.69) is 15.2 Å². The molecule has 5 N–H and O–H groups in total. The van der Waals surface area contributed by atoms with Crippen molar-refractivity contribution in [1.29, 1.82) is 5.41 Å². The molecule has 0 aromatic carbocycles. The Balaban J connectivity index is 0.000000445. The summed E-state index contributed by atoms with van der Waals surface area (Å²) in [6, 6.07) is 3.61. The van der Waals surface area contributed by atoms with Crippen LogP contribution in [0.4, 0.5) is 24.7 Å². The maximum Gasteiger partial charge on any atom is 0.490 e. The van der Waals surface area contributed by atoms with E-state index in [1.165, 1.54) is 10.6 Å². The van der Waals surface area contributed by atoms with Crippen LogP contribution in [0.15, 0.2) is 18.3 Å². The molecule has 27 heavy (non-hydrogen) atoms. The van der Waals surface area contributed by atoms with Gasteiger partial charge in [-0.2, -0.15) is 17.5 Å². The molecule has 0 saturated carbocycles. The molecule has 0 amide bonds. The van der Waals surface area contributed by atoms with Gasteiger partial charge in [-0.15, -0.1) is 0 Å². The Morgan fingerprint density at radius 1 is 1.30 bits per heavy atom. The first-order chi connectivity index (χ1) is 12.3. The van der Waals surface area contributed by atoms with Gasteiger partial charge in [0, 0.05) is 26.2 Å². The molecule has 2 rings (SSSR count). The first-order valence-corrected chi connectivity index (χ1v) is 9.23. The highest BCUT2D eigenvalue weighted by molar-refractivity contribution is 7.88. The number of nitrogens with two attached hydrogens (primary N) is 1. The third-order valence-corrected chi connectivity index (χ3v) is 4.63. The number of sulfonamides is 1. The van der Waals surface area contributed by atoms with Gasteiger partial charge in [-0.3, -0.25) is 5.41 Å². The number of piperazine rings is 1. The van der Waals surface area contributed by atoms with Crippen molar-refractivity contribution < 1.29 is 31.5 Å². The van der Waals surface area contributed by atoms with Gasteiger partial charge in [0.2, 0.25) is 10.0 Å². The van der Waals surface area contributed by atoms with E-state index in [0.29, 0.717) is 32.0 Å². The molecule has 152 valence electrons. The number of aromatic nitrogens is 1. The van der Waals surface area contributed by atoms with Crippen LogP contribution in [-0.4, -0.2) is 73.4 Å². The van der Waals surface area contributed by atoms with E-state index in [1.807, 2.05) is 6.07 Å². The number of aliphatic carboxylic acids is 1. The molecule has 1 aromatic rings. The summed E-state index contributed by atoms with van der Waals surface area (Å²) in [4.78, 5) is 15.1. The van der Waals surface area contributed by atoms with Crippen molar-refractivity contribution in [3.63, 3.8) is 0 Å². The van der Waals surface area contributed by atoms with Gasteiger partial charge in [-0.05, 0) is 12.1 Å². The minimum Gasteiger partial charge on any atom is -0.475 e. The molecule has 1 aromatic heterocycles. The van der Waals surface area contributed by atoms with Crippen LogP contribution in [0, 0.1) is 5.41 Å². The fourth-order valence-electron chi connectivity index (χ4n) is 2.06. The largest absolute Gasteiger partial charge is 0.490 e. The molecular formula is C13H19F3N6O4S. The number of carboxylic acids is 1. The van der Waals surface area contributed by atoms with E-state index in [1.54, 1.807) is 12.3 Å². The monoisotopic (exact) mass is 412 g/mol. The second-order valence-electron chi connectivity index (χ2n) is 5.39. The number of anilines is 2. The number of carbonyl (C=O) groups is 1. The van der Waals surface area contributed by atoms with Crippen LogP contribution in [0.2, 0.25) is 0 Å². The summed E-state index contributed by atoms with van der Waals surface area (Å²) in [5.74, 6) is -2.41. The number of carboxylic acid groups (broad SMARTS) is 1. The summed E-state index contributed by atoms with van der Waals surface area (Å²) in [6.07, 6.45) is -2.17. The fraction of sp³-hybridized carbons (Fsp3) is 0.462. The standard InChI is InChI=1S/C11H18N6O2S.C2HF3O2/c1-20(18,19)17-6-4-16(5-7-17)9-2-3-10(14-8-9)15-11(12)13;3-2(4,5)1(6)7/h2-3,8H,4-7H2,1H3,(H4,12,13,14,15);(H,6,7). The number of pyridine rings is 1. The Morgan fingerprint density at radius 2 is 1.81 bits per heavy atom. The number of halogens is 3. The van der Waals surface area contributed by atoms with Crippen LogP contribution in [0.3, 0.4) is 0 Å². The number of alkyl halides is 3. The molecule has 0 atom stereocenters. The van der Waals surface area contributed by atoms with Gasteiger partial charge in [0.15, 0.2) is 5.96 Å². The van der Waals surface area contributed by atoms with Crippen molar-refractivity contribution in [1.82, 2.24) is 9.29 Å². The Kier molecular flexibility index (Phi) is 7.36. The van der Waals surface area contributed by atoms with Crippen LogP contribution >= 0.6 is 0 Å². The van der Waals surface area contributed by atoms with Crippen LogP contribution in [-0.2, 0) is 14.8 Å². The molecule has 14 heteroatoms. The molecular weight excluding hydrogens is 393 g/mol. The number of nitrogens with one attached hydrogen (secondary N) is 2. The van der Waals surface area contributed by atoms with Crippen molar-refractivity contribution in [2.45, 2.75) is 6.18 Å². The third kappa shape index (κ3) is 7.65. The Hall–Kier alpha value is -2.61. The van der Waals surface area contributed by atoms with Crippen molar-refractivity contribution >= 4 is 33.5 Å². The number of guanidine groups is 1. The average Bonchev–Trinajstić information content (AvgIpc) is 2.54. The highest BCUT2D eigenvalue weighted by atomic mass is 32.2. The van der Waals surface area contributed by atoms with E-state index in [9.17, 15) is 21.6 Å². The molecule has 10 nitrogen and oxygen atoms in total. The third-order valence-electron chi connectivity index (χ3n) is 3.33. The molecule has 0 aliphatic carbocycles. The normalized spacial score (nSPS) is 15.5. The van der Waals surface area contributed by atoms with Crippen molar-refractivity contribution in [2.24, 2.45) is 5.73 Å². The minimum atomic E-state index is -5.08. The summed E-state index contributed by atoms with van der Waals surface area (Å²) >= 11 is 0. The second-order valence-corrected chi connectivity index (χ2v) is 7.37. The van der Waals surface area contributed by atoms with Gasteiger partial charge in [-0.1, -0.05) is 0 Å². The Morgan fingerprint density at radius 3 is 2.15 bits per heavy atom. The van der Waals surface area contributed by atoms with E-state index >= 15 is 0 Å².